The van der Waals surface area contributed by atoms with Crippen LogP contribution in [0.2, 0.25) is 0 Å². The van der Waals surface area contributed by atoms with Crippen LogP contribution in [0.5, 0.6) is 0 Å². The third-order valence-corrected chi connectivity index (χ3v) is 7.35. The highest BCUT2D eigenvalue weighted by molar-refractivity contribution is 7.89. The monoisotopic (exact) mass is 446 g/mol. The number of amides is 2. The fraction of sp³-hybridized carbons (Fsp3) is 0.381. The maximum absolute atomic E-state index is 13.1. The van der Waals surface area contributed by atoms with E-state index in [-0.39, 0.29) is 29.1 Å². The van der Waals surface area contributed by atoms with Crippen molar-refractivity contribution in [3.05, 3.63) is 63.7 Å². The van der Waals surface area contributed by atoms with E-state index in [1.807, 2.05) is 31.2 Å². The summed E-state index contributed by atoms with van der Waals surface area (Å²) in [5.74, 6) is -0.0225. The molecule has 1 unspecified atom stereocenters. The van der Waals surface area contributed by atoms with Gasteiger partial charge in [-0.25, -0.2) is 13.2 Å². The molecule has 3 rings (SSSR count). The van der Waals surface area contributed by atoms with Crippen molar-refractivity contribution in [3.8, 4) is 0 Å². The predicted molar refractivity (Wildman–Crippen MR) is 118 cm³/mol. The number of hydrogen-bond acceptors (Lipinski definition) is 5. The first-order valence-electron chi connectivity index (χ1n) is 10.0. The summed E-state index contributed by atoms with van der Waals surface area (Å²) in [6.07, 6.45) is 1.48. The van der Waals surface area contributed by atoms with Crippen molar-refractivity contribution < 1.29 is 18.1 Å². The lowest BCUT2D eigenvalue weighted by molar-refractivity contribution is -0.385. The molecule has 10 heteroatoms. The summed E-state index contributed by atoms with van der Waals surface area (Å²) in [7, 11) is -3.78. The molecular weight excluding hydrogens is 420 g/mol. The zero-order chi connectivity index (χ0) is 22.6. The average Bonchev–Trinajstić information content (AvgIpc) is 2.74. The second-order valence-electron chi connectivity index (χ2n) is 7.78. The van der Waals surface area contributed by atoms with Crippen LogP contribution >= 0.6 is 0 Å². The molecule has 1 heterocycles. The van der Waals surface area contributed by atoms with E-state index >= 15 is 0 Å². The summed E-state index contributed by atoms with van der Waals surface area (Å²) in [6, 6.07) is 10.9. The predicted octanol–water partition coefficient (Wildman–Crippen LogP) is 3.43. The smallest absolute Gasteiger partial charge is 0.319 e. The highest BCUT2D eigenvalue weighted by atomic mass is 32.2. The topological polar surface area (TPSA) is 122 Å². The van der Waals surface area contributed by atoms with E-state index in [4.69, 9.17) is 0 Å². The molecule has 1 atom stereocenters. The van der Waals surface area contributed by atoms with Crippen molar-refractivity contribution in [2.75, 3.05) is 25.0 Å². The standard InChI is InChI=1S/C21H26N4O5S/c1-15-5-7-18(8-6-15)23-21(26)22-13-17-4-3-11-24(14-17)31(29,30)20-10-9-19(25(27)28)12-16(20)2/h5-10,12,17H,3-4,11,13-14H2,1-2H3,(H2,22,23,26). The van der Waals surface area contributed by atoms with Gasteiger partial charge in [0.1, 0.15) is 0 Å². The van der Waals surface area contributed by atoms with Crippen molar-refractivity contribution in [2.45, 2.75) is 31.6 Å². The van der Waals surface area contributed by atoms with Gasteiger partial charge in [-0.2, -0.15) is 4.31 Å². The molecule has 0 bridgehead atoms. The van der Waals surface area contributed by atoms with Gasteiger partial charge < -0.3 is 10.6 Å². The Morgan fingerprint density at radius 3 is 2.55 bits per heavy atom. The van der Waals surface area contributed by atoms with Gasteiger partial charge in [-0.1, -0.05) is 17.7 Å². The van der Waals surface area contributed by atoms with E-state index in [9.17, 15) is 23.3 Å². The molecule has 31 heavy (non-hydrogen) atoms. The van der Waals surface area contributed by atoms with E-state index in [0.29, 0.717) is 30.8 Å². The van der Waals surface area contributed by atoms with Gasteiger partial charge in [-0.15, -0.1) is 0 Å². The molecule has 1 aliphatic heterocycles. The minimum atomic E-state index is -3.78. The van der Waals surface area contributed by atoms with Gasteiger partial charge in [-0.3, -0.25) is 10.1 Å². The largest absolute Gasteiger partial charge is 0.338 e. The second-order valence-corrected chi connectivity index (χ2v) is 9.69. The lowest BCUT2D eigenvalue weighted by Gasteiger charge is -2.32. The molecule has 1 aliphatic rings. The van der Waals surface area contributed by atoms with Gasteiger partial charge in [0.2, 0.25) is 10.0 Å². The van der Waals surface area contributed by atoms with Crippen LogP contribution < -0.4 is 10.6 Å². The number of nitro groups is 1. The van der Waals surface area contributed by atoms with Gasteiger partial charge in [0, 0.05) is 37.5 Å². The number of nitrogens with one attached hydrogen (secondary N) is 2. The molecule has 9 nitrogen and oxygen atoms in total. The van der Waals surface area contributed by atoms with Crippen molar-refractivity contribution in [2.24, 2.45) is 5.92 Å². The van der Waals surface area contributed by atoms with Crippen LogP contribution in [0, 0.1) is 29.9 Å². The molecule has 1 fully saturated rings. The number of carbonyl (C=O) groups excluding carboxylic acids is 1. The Morgan fingerprint density at radius 1 is 1.19 bits per heavy atom. The third-order valence-electron chi connectivity index (χ3n) is 5.33. The van der Waals surface area contributed by atoms with Gasteiger partial charge in [0.15, 0.2) is 0 Å². The number of nitro benzene ring substituents is 1. The van der Waals surface area contributed by atoms with E-state index in [1.165, 1.54) is 22.5 Å². The van der Waals surface area contributed by atoms with Gasteiger partial charge in [-0.05, 0) is 56.4 Å². The van der Waals surface area contributed by atoms with E-state index < -0.39 is 14.9 Å². The Bertz CT molecular complexity index is 1070. The Labute approximate surface area is 181 Å². The zero-order valence-electron chi connectivity index (χ0n) is 17.5. The molecule has 0 aromatic heterocycles. The lowest BCUT2D eigenvalue weighted by Crippen LogP contribution is -2.44. The van der Waals surface area contributed by atoms with E-state index in [1.54, 1.807) is 6.92 Å². The first kappa shape index (κ1) is 22.7. The molecule has 2 aromatic carbocycles. The highest BCUT2D eigenvalue weighted by Gasteiger charge is 2.31. The second kappa shape index (κ2) is 9.44. The summed E-state index contributed by atoms with van der Waals surface area (Å²) in [5, 5.41) is 16.5. The van der Waals surface area contributed by atoms with Crippen molar-refractivity contribution in [1.82, 2.24) is 9.62 Å². The maximum atomic E-state index is 13.1. The number of hydrogen-bond donors (Lipinski definition) is 2. The lowest BCUT2D eigenvalue weighted by atomic mass is 10.00. The minimum Gasteiger partial charge on any atom is -0.338 e. The first-order valence-corrected chi connectivity index (χ1v) is 11.5. The minimum absolute atomic E-state index is 0.0225. The Kier molecular flexibility index (Phi) is 6.91. The van der Waals surface area contributed by atoms with Crippen LogP contribution in [0.3, 0.4) is 0 Å². The van der Waals surface area contributed by atoms with Crippen LogP contribution in [0.1, 0.15) is 24.0 Å². The van der Waals surface area contributed by atoms with Gasteiger partial charge in [0.05, 0.1) is 9.82 Å². The molecule has 1 saturated heterocycles. The molecule has 2 N–H and O–H groups in total. The number of anilines is 1. The number of urea groups is 1. The molecular formula is C21H26N4O5S. The van der Waals surface area contributed by atoms with Crippen molar-refractivity contribution >= 4 is 27.4 Å². The maximum Gasteiger partial charge on any atom is 0.319 e. The van der Waals surface area contributed by atoms with Crippen LogP contribution in [-0.2, 0) is 10.0 Å². The summed E-state index contributed by atoms with van der Waals surface area (Å²) in [6.45, 7) is 4.53. The molecule has 0 aliphatic carbocycles. The van der Waals surface area contributed by atoms with Crippen LogP contribution in [0.25, 0.3) is 0 Å². The number of sulfonamides is 1. The summed E-state index contributed by atoms with van der Waals surface area (Å²) >= 11 is 0. The number of aryl methyl sites for hydroxylation is 2. The molecule has 0 saturated carbocycles. The number of rotatable bonds is 6. The fourth-order valence-electron chi connectivity index (χ4n) is 3.64. The van der Waals surface area contributed by atoms with Crippen molar-refractivity contribution in [3.63, 3.8) is 0 Å². The number of piperidine rings is 1. The number of nitrogens with zero attached hydrogens (tertiary/aromatic N) is 2. The first-order chi connectivity index (χ1) is 14.7. The average molecular weight is 447 g/mol. The van der Waals surface area contributed by atoms with Crippen molar-refractivity contribution in [1.29, 1.82) is 0 Å². The van der Waals surface area contributed by atoms with Gasteiger partial charge in [0.25, 0.3) is 5.69 Å². The Balaban J connectivity index is 1.61. The third kappa shape index (κ3) is 5.59. The van der Waals surface area contributed by atoms with E-state index in [2.05, 4.69) is 10.6 Å². The molecule has 0 spiro atoms. The molecule has 166 valence electrons. The van der Waals surface area contributed by atoms with Crippen LogP contribution in [0.15, 0.2) is 47.4 Å². The summed E-state index contributed by atoms with van der Waals surface area (Å²) in [5.41, 5.74) is 1.98. The van der Waals surface area contributed by atoms with E-state index in [0.717, 1.165) is 12.0 Å². The SMILES string of the molecule is Cc1ccc(NC(=O)NCC2CCCN(S(=O)(=O)c3ccc([N+](=O)[O-])cc3C)C2)cc1. The zero-order valence-corrected chi connectivity index (χ0v) is 18.3. The number of non-ortho nitro benzene ring substituents is 1. The van der Waals surface area contributed by atoms with Gasteiger partial charge >= 0.3 is 6.03 Å². The molecule has 2 amide bonds. The quantitative estimate of drug-likeness (QED) is 0.520. The summed E-state index contributed by atoms with van der Waals surface area (Å²) < 4.78 is 27.6. The normalized spacial score (nSPS) is 17.2. The molecule has 0 radical (unpaired) electrons. The Hall–Kier alpha value is -2.98. The Morgan fingerprint density at radius 2 is 1.90 bits per heavy atom. The highest BCUT2D eigenvalue weighted by Crippen LogP contribution is 2.27. The number of benzene rings is 2. The fourth-order valence-corrected chi connectivity index (χ4v) is 5.40. The summed E-state index contributed by atoms with van der Waals surface area (Å²) in [4.78, 5) is 22.6. The van der Waals surface area contributed by atoms with Crippen LogP contribution in [-0.4, -0.2) is 43.3 Å². The number of carbonyl (C=O) groups is 1. The molecule has 2 aromatic rings. The van der Waals surface area contributed by atoms with Crippen LogP contribution in [0.4, 0.5) is 16.2 Å².